The van der Waals surface area contributed by atoms with E-state index in [1.807, 2.05) is 31.2 Å². The van der Waals surface area contributed by atoms with Crippen molar-refractivity contribution >= 4 is 11.9 Å². The molecule has 0 aliphatic carbocycles. The third-order valence-electron chi connectivity index (χ3n) is 4.46. The second kappa shape index (κ2) is 6.66. The van der Waals surface area contributed by atoms with Gasteiger partial charge >= 0.3 is 6.03 Å². The van der Waals surface area contributed by atoms with Gasteiger partial charge in [0.1, 0.15) is 12.1 Å². The average Bonchev–Trinajstić information content (AvgIpc) is 3.15. The molecule has 1 fully saturated rings. The van der Waals surface area contributed by atoms with E-state index in [9.17, 15) is 9.59 Å². The molecule has 1 unspecified atom stereocenters. The highest BCUT2D eigenvalue weighted by molar-refractivity contribution is 6.07. The number of benzene rings is 1. The molecule has 2 aromatic rings. The number of nitrogens with zero attached hydrogens (tertiary/aromatic N) is 3. The quantitative estimate of drug-likeness (QED) is 0.815. The van der Waals surface area contributed by atoms with E-state index in [4.69, 9.17) is 4.52 Å². The average molecular weight is 342 g/mol. The highest BCUT2D eigenvalue weighted by Gasteiger charge is 2.49. The number of nitrogens with one attached hydrogen (secondary N) is 1. The number of urea groups is 1. The summed E-state index contributed by atoms with van der Waals surface area (Å²) in [7, 11) is 0. The number of hydrogen-bond donors (Lipinski definition) is 1. The summed E-state index contributed by atoms with van der Waals surface area (Å²) in [6.07, 6.45) is 2.68. The van der Waals surface area contributed by atoms with E-state index in [1.54, 1.807) is 6.92 Å². The molecule has 1 saturated heterocycles. The molecule has 0 radical (unpaired) electrons. The zero-order valence-corrected chi connectivity index (χ0v) is 14.7. The zero-order valence-electron chi connectivity index (χ0n) is 14.7. The van der Waals surface area contributed by atoms with E-state index in [1.165, 1.54) is 5.56 Å². The van der Waals surface area contributed by atoms with Gasteiger partial charge in [0.25, 0.3) is 5.91 Å². The first-order valence-corrected chi connectivity index (χ1v) is 8.53. The molecule has 0 saturated carbocycles. The number of hydrogen-bond acceptors (Lipinski definition) is 5. The highest BCUT2D eigenvalue weighted by atomic mass is 16.5. The lowest BCUT2D eigenvalue weighted by molar-refractivity contribution is -0.131. The minimum Gasteiger partial charge on any atom is -0.337 e. The van der Waals surface area contributed by atoms with Crippen LogP contribution in [0.15, 0.2) is 28.8 Å². The summed E-state index contributed by atoms with van der Waals surface area (Å²) in [6, 6.07) is 7.33. The van der Waals surface area contributed by atoms with E-state index < -0.39 is 11.6 Å². The monoisotopic (exact) mass is 342 g/mol. The Morgan fingerprint density at radius 3 is 2.52 bits per heavy atom. The van der Waals surface area contributed by atoms with Crippen molar-refractivity contribution < 1.29 is 14.1 Å². The van der Waals surface area contributed by atoms with Gasteiger partial charge in [0.2, 0.25) is 5.89 Å². The van der Waals surface area contributed by atoms with Crippen LogP contribution in [0.3, 0.4) is 0 Å². The van der Waals surface area contributed by atoms with Crippen LogP contribution in [0.5, 0.6) is 0 Å². The zero-order chi connectivity index (χ0) is 18.0. The van der Waals surface area contributed by atoms with Crippen molar-refractivity contribution in [2.45, 2.75) is 52.1 Å². The summed E-state index contributed by atoms with van der Waals surface area (Å²) in [5, 5.41) is 6.58. The lowest BCUT2D eigenvalue weighted by Crippen LogP contribution is -2.40. The van der Waals surface area contributed by atoms with Gasteiger partial charge in [-0.15, -0.1) is 0 Å². The van der Waals surface area contributed by atoms with Gasteiger partial charge in [-0.1, -0.05) is 49.7 Å². The van der Waals surface area contributed by atoms with Crippen LogP contribution in [-0.4, -0.2) is 27.0 Å². The summed E-state index contributed by atoms with van der Waals surface area (Å²) in [4.78, 5) is 30.5. The molecule has 1 atom stereocenters. The van der Waals surface area contributed by atoms with Gasteiger partial charge in [0.15, 0.2) is 5.82 Å². The Kier molecular flexibility index (Phi) is 4.57. The minimum atomic E-state index is -1.09. The van der Waals surface area contributed by atoms with Crippen LogP contribution in [0.4, 0.5) is 4.79 Å². The summed E-state index contributed by atoms with van der Waals surface area (Å²) < 4.78 is 5.10. The van der Waals surface area contributed by atoms with Crippen LogP contribution < -0.4 is 5.32 Å². The Morgan fingerprint density at radius 1 is 1.20 bits per heavy atom. The fraction of sp³-hybridized carbons (Fsp3) is 0.444. The predicted molar refractivity (Wildman–Crippen MR) is 90.5 cm³/mol. The van der Waals surface area contributed by atoms with Gasteiger partial charge in [-0.25, -0.2) is 4.79 Å². The van der Waals surface area contributed by atoms with Gasteiger partial charge < -0.3 is 9.84 Å². The van der Waals surface area contributed by atoms with Crippen LogP contribution in [-0.2, 0) is 29.7 Å². The predicted octanol–water partition coefficient (Wildman–Crippen LogP) is 2.55. The Labute approximate surface area is 146 Å². The summed E-state index contributed by atoms with van der Waals surface area (Å²) in [5.41, 5.74) is 0.879. The third kappa shape index (κ3) is 3.14. The molecule has 0 spiro atoms. The number of rotatable bonds is 6. The first-order chi connectivity index (χ1) is 12.0. The topological polar surface area (TPSA) is 88.3 Å². The first kappa shape index (κ1) is 17.1. The van der Waals surface area contributed by atoms with Gasteiger partial charge in [-0.05, 0) is 24.5 Å². The molecular weight excluding hydrogens is 320 g/mol. The Balaban J connectivity index is 1.81. The molecule has 132 valence electrons. The normalized spacial score (nSPS) is 20.2. The van der Waals surface area contributed by atoms with Gasteiger partial charge in [-0.3, -0.25) is 9.69 Å². The van der Waals surface area contributed by atoms with Crippen molar-refractivity contribution in [3.63, 3.8) is 0 Å². The number of aromatic nitrogens is 2. The molecule has 25 heavy (non-hydrogen) atoms. The summed E-state index contributed by atoms with van der Waals surface area (Å²) in [6.45, 7) is 5.71. The molecule has 1 aliphatic rings. The van der Waals surface area contributed by atoms with E-state index in [0.29, 0.717) is 12.2 Å². The third-order valence-corrected chi connectivity index (χ3v) is 4.46. The van der Waals surface area contributed by atoms with E-state index in [2.05, 4.69) is 22.4 Å². The smallest absolute Gasteiger partial charge is 0.325 e. The van der Waals surface area contributed by atoms with Crippen molar-refractivity contribution in [2.24, 2.45) is 0 Å². The van der Waals surface area contributed by atoms with Crippen LogP contribution in [0, 0.1) is 0 Å². The second-order valence-corrected chi connectivity index (χ2v) is 6.35. The molecule has 2 heterocycles. The van der Waals surface area contributed by atoms with Crippen molar-refractivity contribution in [3.8, 4) is 0 Å². The highest BCUT2D eigenvalue weighted by Crippen LogP contribution is 2.30. The van der Waals surface area contributed by atoms with Crippen molar-refractivity contribution in [2.75, 3.05) is 0 Å². The van der Waals surface area contributed by atoms with Gasteiger partial charge in [0.05, 0.1) is 0 Å². The molecule has 0 bridgehead atoms. The molecule has 1 aromatic heterocycles. The van der Waals surface area contributed by atoms with Crippen LogP contribution in [0.25, 0.3) is 0 Å². The van der Waals surface area contributed by atoms with Crippen molar-refractivity contribution in [1.29, 1.82) is 0 Å². The Hall–Kier alpha value is -2.70. The maximum atomic E-state index is 12.9. The van der Waals surface area contributed by atoms with Crippen LogP contribution in [0.1, 0.15) is 50.0 Å². The van der Waals surface area contributed by atoms with Crippen molar-refractivity contribution in [1.82, 2.24) is 20.4 Å². The molecule has 7 heteroatoms. The van der Waals surface area contributed by atoms with E-state index in [-0.39, 0.29) is 18.3 Å². The number of amides is 3. The van der Waals surface area contributed by atoms with E-state index in [0.717, 1.165) is 23.3 Å². The van der Waals surface area contributed by atoms with Crippen LogP contribution in [0.2, 0.25) is 0 Å². The standard InChI is InChI=1S/C18H22N4O3/c1-4-6-12-7-9-13(10-8-12)18(3)16(23)22(17(24)20-18)11-15-19-14(5-2)21-25-15/h7-10H,4-6,11H2,1-3H3,(H,20,24). The maximum absolute atomic E-state index is 12.9. The fourth-order valence-corrected chi connectivity index (χ4v) is 2.96. The Bertz CT molecular complexity index is 784. The van der Waals surface area contributed by atoms with Crippen LogP contribution >= 0.6 is 0 Å². The molecule has 1 aliphatic heterocycles. The fourth-order valence-electron chi connectivity index (χ4n) is 2.96. The number of carbonyl (C=O) groups excluding carboxylic acids is 2. The second-order valence-electron chi connectivity index (χ2n) is 6.35. The first-order valence-electron chi connectivity index (χ1n) is 8.53. The molecule has 7 nitrogen and oxygen atoms in total. The Morgan fingerprint density at radius 2 is 1.92 bits per heavy atom. The number of imide groups is 1. The largest absolute Gasteiger partial charge is 0.337 e. The summed E-state index contributed by atoms with van der Waals surface area (Å²) in [5.74, 6) is 0.483. The van der Waals surface area contributed by atoms with Gasteiger partial charge in [-0.2, -0.15) is 4.98 Å². The molecule has 1 aromatic carbocycles. The minimum absolute atomic E-state index is 0.0266. The molecular formula is C18H22N4O3. The van der Waals surface area contributed by atoms with Gasteiger partial charge in [0, 0.05) is 6.42 Å². The lowest BCUT2D eigenvalue weighted by atomic mass is 9.91. The van der Waals surface area contributed by atoms with E-state index >= 15 is 0 Å². The lowest BCUT2D eigenvalue weighted by Gasteiger charge is -2.22. The maximum Gasteiger partial charge on any atom is 0.325 e. The number of carbonyl (C=O) groups is 2. The van der Waals surface area contributed by atoms with Crippen molar-refractivity contribution in [3.05, 3.63) is 47.1 Å². The molecule has 3 rings (SSSR count). The molecule has 1 N–H and O–H groups in total. The summed E-state index contributed by atoms with van der Waals surface area (Å²) >= 11 is 0. The SMILES string of the molecule is CCCc1ccc(C2(C)NC(=O)N(Cc3nc(CC)no3)C2=O)cc1. The number of aryl methyl sites for hydroxylation is 2. The molecule has 3 amide bonds.